The summed E-state index contributed by atoms with van der Waals surface area (Å²) in [5.74, 6) is -2.21. The van der Waals surface area contributed by atoms with Crippen LogP contribution in [0.4, 0.5) is 34.8 Å². The highest BCUT2D eigenvalue weighted by Crippen LogP contribution is 2.41. The fourth-order valence-electron chi connectivity index (χ4n) is 4.57. The van der Waals surface area contributed by atoms with E-state index in [2.05, 4.69) is 27.6 Å². The van der Waals surface area contributed by atoms with E-state index in [4.69, 9.17) is 0 Å². The normalized spacial score (nSPS) is 21.1. The summed E-state index contributed by atoms with van der Waals surface area (Å²) < 4.78 is 55.8. The van der Waals surface area contributed by atoms with Crippen molar-refractivity contribution in [3.63, 3.8) is 0 Å². The molecular weight excluding hydrogens is 555 g/mol. The molecular formula is C22H21F4IN4O2. The summed E-state index contributed by atoms with van der Waals surface area (Å²) in [5, 5.41) is 0. The van der Waals surface area contributed by atoms with E-state index in [9.17, 15) is 27.2 Å². The second-order valence-corrected chi connectivity index (χ2v) is 9.24. The molecule has 2 aromatic rings. The number of alkyl halides is 4. The van der Waals surface area contributed by atoms with Crippen molar-refractivity contribution in [2.75, 3.05) is 39.3 Å². The van der Waals surface area contributed by atoms with Crippen LogP contribution in [0.15, 0.2) is 30.3 Å². The van der Waals surface area contributed by atoms with Gasteiger partial charge in [-0.05, 0) is 31.2 Å². The Bertz CT molecular complexity index is 1110. The Morgan fingerprint density at radius 2 is 1.94 bits per heavy atom. The van der Waals surface area contributed by atoms with Gasteiger partial charge in [-0.3, -0.25) is 14.5 Å². The van der Waals surface area contributed by atoms with Gasteiger partial charge in [0.25, 0.3) is 0 Å². The summed E-state index contributed by atoms with van der Waals surface area (Å²) >= 11 is 2.17. The van der Waals surface area contributed by atoms with Crippen LogP contribution in [0.25, 0.3) is 0 Å². The first-order chi connectivity index (χ1) is 15.5. The number of aromatic nitrogens is 1. The lowest BCUT2D eigenvalue weighted by Gasteiger charge is -2.38. The van der Waals surface area contributed by atoms with Crippen molar-refractivity contribution in [1.82, 2.24) is 4.98 Å². The highest BCUT2D eigenvalue weighted by atomic mass is 127. The van der Waals surface area contributed by atoms with Gasteiger partial charge < -0.3 is 9.80 Å². The van der Waals surface area contributed by atoms with E-state index in [1.807, 2.05) is 0 Å². The van der Waals surface area contributed by atoms with E-state index in [-0.39, 0.29) is 30.2 Å². The van der Waals surface area contributed by atoms with Crippen LogP contribution in [0.1, 0.15) is 17.7 Å². The maximum atomic E-state index is 14.8. The maximum Gasteiger partial charge on any atom is 0.416 e. The monoisotopic (exact) mass is 576 g/mol. The van der Waals surface area contributed by atoms with Crippen LogP contribution in [0, 0.1) is 18.7 Å². The molecule has 1 fully saturated rings. The molecule has 2 amide bonds. The smallest absolute Gasteiger partial charge is 0.366 e. The highest BCUT2D eigenvalue weighted by Gasteiger charge is 2.49. The number of hydrogen-bond acceptors (Lipinski definition) is 4. The van der Waals surface area contributed by atoms with Gasteiger partial charge in [0.15, 0.2) is 0 Å². The average molecular weight is 576 g/mol. The number of halogens is 5. The topological polar surface area (TPSA) is 56.8 Å². The van der Waals surface area contributed by atoms with Crippen LogP contribution in [0.2, 0.25) is 0 Å². The number of anilines is 3. The van der Waals surface area contributed by atoms with Crippen molar-refractivity contribution in [1.29, 1.82) is 0 Å². The Balaban J connectivity index is 1.83. The van der Waals surface area contributed by atoms with E-state index < -0.39 is 41.3 Å². The summed E-state index contributed by atoms with van der Waals surface area (Å²) in [6, 6.07) is 5.08. The van der Waals surface area contributed by atoms with E-state index in [1.165, 1.54) is 31.0 Å². The average Bonchev–Trinajstić information content (AvgIpc) is 3.06. The van der Waals surface area contributed by atoms with Crippen molar-refractivity contribution in [2.24, 2.45) is 5.92 Å². The van der Waals surface area contributed by atoms with Crippen LogP contribution in [-0.2, 0) is 15.8 Å². The van der Waals surface area contributed by atoms with Gasteiger partial charge in [-0.1, -0.05) is 28.7 Å². The maximum absolute atomic E-state index is 14.8. The standard InChI is InChI=1S/C22H21F4IN4O2/c1-12-8-14(22(24,25)26)10-17(28-12)31-18(32)9-13-11-30(7-6-27)20-15(23)4-3-5-16(20)29(2)21(33)19(13)31/h3-5,8,10,13,19H,6-7,9,11H2,1-2H3/t13-,19+/m1/s1. The molecule has 2 atom stereocenters. The molecule has 0 spiro atoms. The van der Waals surface area contributed by atoms with Gasteiger partial charge in [-0.15, -0.1) is 0 Å². The Morgan fingerprint density at radius 3 is 2.61 bits per heavy atom. The summed E-state index contributed by atoms with van der Waals surface area (Å²) in [6.45, 7) is 2.10. The largest absolute Gasteiger partial charge is 0.416 e. The molecule has 0 saturated carbocycles. The number of rotatable bonds is 3. The lowest BCUT2D eigenvalue weighted by Crippen LogP contribution is -2.52. The Kier molecular flexibility index (Phi) is 6.27. The quantitative estimate of drug-likeness (QED) is 0.313. The predicted molar refractivity (Wildman–Crippen MR) is 124 cm³/mol. The number of para-hydroxylation sites is 1. The van der Waals surface area contributed by atoms with Gasteiger partial charge in [0.1, 0.15) is 17.7 Å². The second kappa shape index (κ2) is 8.73. The molecule has 2 aliphatic heterocycles. The molecule has 33 heavy (non-hydrogen) atoms. The molecule has 0 radical (unpaired) electrons. The van der Waals surface area contributed by atoms with Crippen molar-refractivity contribution >= 4 is 51.6 Å². The van der Waals surface area contributed by atoms with Gasteiger partial charge in [-0.25, -0.2) is 9.37 Å². The van der Waals surface area contributed by atoms with Crippen molar-refractivity contribution < 1.29 is 27.2 Å². The molecule has 0 bridgehead atoms. The zero-order valence-electron chi connectivity index (χ0n) is 17.9. The molecule has 176 valence electrons. The number of carbonyl (C=O) groups is 2. The van der Waals surface area contributed by atoms with Crippen LogP contribution in [-0.4, -0.2) is 47.4 Å². The number of hydrogen-bond donors (Lipinski definition) is 0. The number of amides is 2. The molecule has 0 N–H and O–H groups in total. The third-order valence-electron chi connectivity index (χ3n) is 5.98. The van der Waals surface area contributed by atoms with Gasteiger partial charge in [0.2, 0.25) is 11.8 Å². The zero-order chi connectivity index (χ0) is 24.1. The fraction of sp³-hybridized carbons (Fsp3) is 0.409. The van der Waals surface area contributed by atoms with E-state index >= 15 is 0 Å². The fourth-order valence-corrected chi connectivity index (χ4v) is 5.15. The first kappa shape index (κ1) is 23.7. The summed E-state index contributed by atoms with van der Waals surface area (Å²) in [7, 11) is 1.48. The van der Waals surface area contributed by atoms with Gasteiger partial charge in [-0.2, -0.15) is 13.2 Å². The van der Waals surface area contributed by atoms with Crippen LogP contribution in [0.3, 0.4) is 0 Å². The molecule has 3 heterocycles. The molecule has 11 heteroatoms. The molecule has 0 aliphatic carbocycles. The second-order valence-electron chi connectivity index (χ2n) is 8.17. The SMILES string of the molecule is Cc1cc(C(F)(F)F)cc(N2C(=O)C[C@@H]3CN(CCI)c4c(F)cccc4N(C)C(=O)[C@H]32)n1. The highest BCUT2D eigenvalue weighted by molar-refractivity contribution is 14.1. The van der Waals surface area contributed by atoms with E-state index in [0.29, 0.717) is 16.7 Å². The minimum absolute atomic E-state index is 0.0528. The third kappa shape index (κ3) is 4.26. The molecule has 1 aromatic carbocycles. The van der Waals surface area contributed by atoms with Gasteiger partial charge in [0, 0.05) is 42.6 Å². The Labute approximate surface area is 201 Å². The molecule has 2 aliphatic rings. The Hall–Kier alpha value is -2.44. The van der Waals surface area contributed by atoms with Gasteiger partial charge in [0.05, 0.1) is 16.9 Å². The summed E-state index contributed by atoms with van der Waals surface area (Å²) in [4.78, 5) is 34.9. The number of nitrogens with zero attached hydrogens (tertiary/aromatic N) is 4. The molecule has 4 rings (SSSR count). The molecule has 1 aromatic heterocycles. The van der Waals surface area contributed by atoms with Crippen LogP contribution in [0.5, 0.6) is 0 Å². The van der Waals surface area contributed by atoms with Crippen molar-refractivity contribution in [2.45, 2.75) is 25.6 Å². The first-order valence-corrected chi connectivity index (χ1v) is 11.8. The summed E-state index contributed by atoms with van der Waals surface area (Å²) in [6.07, 6.45) is -4.68. The van der Waals surface area contributed by atoms with Gasteiger partial charge >= 0.3 is 6.18 Å². The minimum Gasteiger partial charge on any atom is -0.366 e. The molecule has 0 unspecified atom stereocenters. The number of benzene rings is 1. The minimum atomic E-state index is -4.63. The third-order valence-corrected chi connectivity index (χ3v) is 6.46. The Morgan fingerprint density at radius 1 is 1.21 bits per heavy atom. The number of aryl methyl sites for hydroxylation is 1. The number of fused-ring (bicyclic) bond motifs is 2. The number of pyridine rings is 1. The van der Waals surface area contributed by atoms with E-state index in [0.717, 1.165) is 17.0 Å². The number of likely N-dealkylation sites (N-methyl/N-ethyl adjacent to an activating group) is 1. The number of carbonyl (C=O) groups excluding carboxylic acids is 2. The van der Waals surface area contributed by atoms with Crippen molar-refractivity contribution in [3.8, 4) is 0 Å². The lowest BCUT2D eigenvalue weighted by atomic mass is 9.95. The lowest BCUT2D eigenvalue weighted by molar-refractivity contribution is -0.137. The zero-order valence-corrected chi connectivity index (χ0v) is 20.0. The summed E-state index contributed by atoms with van der Waals surface area (Å²) in [5.41, 5.74) is -0.230. The molecule has 1 saturated heterocycles. The van der Waals surface area contributed by atoms with Crippen LogP contribution < -0.4 is 14.7 Å². The van der Waals surface area contributed by atoms with E-state index in [1.54, 1.807) is 11.0 Å². The molecule has 6 nitrogen and oxygen atoms in total. The van der Waals surface area contributed by atoms with Crippen LogP contribution >= 0.6 is 22.6 Å². The predicted octanol–water partition coefficient (Wildman–Crippen LogP) is 4.19. The van der Waals surface area contributed by atoms with Crippen molar-refractivity contribution in [3.05, 3.63) is 47.4 Å². The first-order valence-electron chi connectivity index (χ1n) is 10.3.